The molecule has 0 saturated carbocycles. The molecule has 192 valence electrons. The first-order chi connectivity index (χ1) is 16.3. The highest BCUT2D eigenvalue weighted by Gasteiger charge is 2.57. The number of nitrogen functional groups attached to an aromatic ring is 1. The monoisotopic (exact) mass is 565 g/mol. The van der Waals surface area contributed by atoms with E-state index in [4.69, 9.17) is 26.9 Å². The number of hydrogen-bond donors (Lipinski definition) is 3. The Morgan fingerprint density at radius 2 is 2.11 bits per heavy atom. The average molecular weight is 566 g/mol. The summed E-state index contributed by atoms with van der Waals surface area (Å²) in [4.78, 5) is 59.9. The number of aliphatic carboxylic acids is 1. The first kappa shape index (κ1) is 27.4. The zero-order chi connectivity index (χ0) is 26.1. The molecule has 2 fully saturated rings. The molecule has 4 N–H and O–H groups in total. The number of β-lactam (4-membered cyclic amide) rings is 1. The minimum Gasteiger partial charge on any atom is -0.480 e. The molecule has 2 aliphatic heterocycles. The fourth-order valence-electron chi connectivity index (χ4n) is 3.28. The van der Waals surface area contributed by atoms with Gasteiger partial charge in [0.15, 0.2) is 10.8 Å². The van der Waals surface area contributed by atoms with Crippen LogP contribution in [0.5, 0.6) is 0 Å². The number of thiazole rings is 1. The molecule has 16 heteroatoms. The maximum absolute atomic E-state index is 13.1. The lowest BCUT2D eigenvalue weighted by molar-refractivity contribution is -0.160. The third-order valence-corrected chi connectivity index (χ3v) is 8.94. The van der Waals surface area contributed by atoms with E-state index in [0.717, 1.165) is 11.3 Å². The molecule has 2 amide bonds. The summed E-state index contributed by atoms with van der Waals surface area (Å²) in [7, 11) is 0. The molecule has 0 radical (unpaired) electrons. The first-order valence-electron chi connectivity index (χ1n) is 10.1. The van der Waals surface area contributed by atoms with Crippen LogP contribution >= 0.6 is 46.5 Å². The number of nitrogens with zero attached hydrogens (tertiary/aromatic N) is 3. The molecule has 0 spiro atoms. The predicted molar refractivity (Wildman–Crippen MR) is 134 cm³/mol. The van der Waals surface area contributed by atoms with Gasteiger partial charge in [-0.15, -0.1) is 23.5 Å². The molecule has 35 heavy (non-hydrogen) atoms. The van der Waals surface area contributed by atoms with Crippen molar-refractivity contribution >= 4 is 81.1 Å². The number of rotatable bonds is 8. The number of halogens is 1. The van der Waals surface area contributed by atoms with Gasteiger partial charge in [0.05, 0.1) is 0 Å². The van der Waals surface area contributed by atoms with Crippen LogP contribution in [0.15, 0.2) is 5.16 Å². The number of nitrogens with one attached hydrogen (secondary N) is 1. The first-order valence-corrected chi connectivity index (χ1v) is 13.6. The zero-order valence-electron chi connectivity index (χ0n) is 19.2. The number of oxime groups is 1. The lowest BCUT2D eigenvalue weighted by Crippen LogP contribution is -2.74. The molecule has 0 bridgehead atoms. The second-order valence-corrected chi connectivity index (χ2v) is 12.5. The molecule has 3 heterocycles. The van der Waals surface area contributed by atoms with E-state index in [1.165, 1.54) is 28.4 Å². The molecular weight excluding hydrogens is 542 g/mol. The second kappa shape index (κ2) is 10.4. The van der Waals surface area contributed by atoms with Crippen LogP contribution < -0.4 is 11.1 Å². The highest BCUT2D eigenvalue weighted by Crippen LogP contribution is 2.43. The van der Waals surface area contributed by atoms with Crippen molar-refractivity contribution < 1.29 is 33.9 Å². The Kier molecular flexibility index (Phi) is 8.13. The Balaban J connectivity index is 1.73. The van der Waals surface area contributed by atoms with Gasteiger partial charge in [0.1, 0.15) is 31.8 Å². The van der Waals surface area contributed by atoms with Gasteiger partial charge < -0.3 is 30.6 Å². The van der Waals surface area contributed by atoms with E-state index in [-0.39, 0.29) is 33.2 Å². The van der Waals surface area contributed by atoms with Crippen molar-refractivity contribution in [1.82, 2.24) is 15.2 Å². The Hall–Kier alpha value is -2.23. The van der Waals surface area contributed by atoms with E-state index in [0.29, 0.717) is 0 Å². The molecule has 2 saturated heterocycles. The van der Waals surface area contributed by atoms with Crippen LogP contribution in [0.4, 0.5) is 5.13 Å². The van der Waals surface area contributed by atoms with Crippen LogP contribution in [0.1, 0.15) is 26.5 Å². The van der Waals surface area contributed by atoms with Crippen molar-refractivity contribution in [3.8, 4) is 0 Å². The number of hydrogen-bond acceptors (Lipinski definition) is 12. The zero-order valence-corrected chi connectivity index (χ0v) is 22.4. The highest BCUT2D eigenvalue weighted by molar-refractivity contribution is 8.04. The summed E-state index contributed by atoms with van der Waals surface area (Å²) in [6.07, 6.45) is 1.68. The maximum atomic E-state index is 13.1. The van der Waals surface area contributed by atoms with Gasteiger partial charge in [-0.1, -0.05) is 28.1 Å². The standard InChI is InChI=1S/C19H24ClN5O7S3/c1-18(2,3)32-8(26)5-31-24-10(9-12(20)35-17(21)23-9)13(27)22-11-14(28)25-6-19(33-4,16(29)30)7-34-15(11)25/h11,15H,5-7H2,1-4H3,(H2,21,23)(H,22,27)(H,29,30)/t11?,15-,19?/m1/s1. The van der Waals surface area contributed by atoms with E-state index in [1.54, 1.807) is 27.0 Å². The third kappa shape index (κ3) is 5.95. The number of thioether (sulfide) groups is 2. The molecule has 1 aromatic rings. The van der Waals surface area contributed by atoms with E-state index >= 15 is 0 Å². The van der Waals surface area contributed by atoms with Gasteiger partial charge in [0.25, 0.3) is 5.91 Å². The smallest absolute Gasteiger partial charge is 0.347 e. The van der Waals surface area contributed by atoms with Crippen LogP contribution in [0, 0.1) is 0 Å². The number of aromatic nitrogens is 1. The summed E-state index contributed by atoms with van der Waals surface area (Å²) >= 11 is 9.49. The number of carbonyl (C=O) groups excluding carboxylic acids is 3. The SMILES string of the molecule is CSC1(C(=O)O)CS[C@@H]2C(NC(=O)C(=NOCC(=O)OC(C)(C)C)c3nc(N)sc3Cl)C(=O)N2C1. The van der Waals surface area contributed by atoms with E-state index in [1.807, 2.05) is 0 Å². The van der Waals surface area contributed by atoms with Crippen molar-refractivity contribution in [2.45, 2.75) is 42.5 Å². The number of amides is 2. The fourth-order valence-corrected chi connectivity index (χ4v) is 6.71. The Morgan fingerprint density at radius 3 is 2.66 bits per heavy atom. The lowest BCUT2D eigenvalue weighted by atomic mass is 10.0. The van der Waals surface area contributed by atoms with Gasteiger partial charge in [-0.05, 0) is 27.0 Å². The molecule has 0 aromatic carbocycles. The number of carboxylic acid groups (broad SMARTS) is 1. The number of anilines is 1. The largest absolute Gasteiger partial charge is 0.480 e. The Morgan fingerprint density at radius 1 is 1.43 bits per heavy atom. The van der Waals surface area contributed by atoms with Gasteiger partial charge in [-0.3, -0.25) is 14.4 Å². The molecular formula is C19H24ClN5O7S3. The van der Waals surface area contributed by atoms with E-state index in [2.05, 4.69) is 15.5 Å². The van der Waals surface area contributed by atoms with Gasteiger partial charge >= 0.3 is 11.9 Å². The summed E-state index contributed by atoms with van der Waals surface area (Å²) in [5.41, 5.74) is 4.51. The lowest BCUT2D eigenvalue weighted by Gasteiger charge is -2.53. The quantitative estimate of drug-likeness (QED) is 0.178. The van der Waals surface area contributed by atoms with Crippen molar-refractivity contribution in [2.24, 2.45) is 5.16 Å². The van der Waals surface area contributed by atoms with Gasteiger partial charge in [-0.25, -0.2) is 9.78 Å². The van der Waals surface area contributed by atoms with Crippen molar-refractivity contribution in [1.29, 1.82) is 0 Å². The van der Waals surface area contributed by atoms with Crippen molar-refractivity contribution in [2.75, 3.05) is 30.9 Å². The summed E-state index contributed by atoms with van der Waals surface area (Å²) in [6.45, 7) is 4.51. The molecule has 12 nitrogen and oxygen atoms in total. The number of fused-ring (bicyclic) bond motifs is 1. The van der Waals surface area contributed by atoms with E-state index in [9.17, 15) is 24.3 Å². The Bertz CT molecular complexity index is 1080. The number of esters is 1. The number of carboxylic acids is 1. The van der Waals surface area contributed by atoms with Crippen LogP contribution in [-0.2, 0) is 28.8 Å². The summed E-state index contributed by atoms with van der Waals surface area (Å²) < 4.78 is 4.09. The molecule has 3 atom stereocenters. The van der Waals surface area contributed by atoms with Gasteiger partial charge in [-0.2, -0.15) is 0 Å². The van der Waals surface area contributed by atoms with Crippen molar-refractivity contribution in [3.05, 3.63) is 10.0 Å². The number of carbonyl (C=O) groups is 4. The summed E-state index contributed by atoms with van der Waals surface area (Å²) in [5.74, 6) is -2.68. The average Bonchev–Trinajstić information content (AvgIpc) is 3.10. The number of ether oxygens (including phenoxy) is 1. The molecule has 2 aliphatic rings. The summed E-state index contributed by atoms with van der Waals surface area (Å²) in [6, 6.07) is -0.910. The van der Waals surface area contributed by atoms with Crippen LogP contribution in [0.2, 0.25) is 4.34 Å². The molecule has 2 unspecified atom stereocenters. The Labute approximate surface area is 218 Å². The van der Waals surface area contributed by atoms with Crippen LogP contribution in [0.3, 0.4) is 0 Å². The summed E-state index contributed by atoms with van der Waals surface area (Å²) in [5, 5.41) is 15.5. The van der Waals surface area contributed by atoms with Gasteiger partial charge in [0.2, 0.25) is 12.5 Å². The molecule has 3 rings (SSSR count). The normalized spacial score (nSPS) is 24.3. The highest BCUT2D eigenvalue weighted by atomic mass is 35.5. The molecule has 0 aliphatic carbocycles. The van der Waals surface area contributed by atoms with Crippen molar-refractivity contribution in [3.63, 3.8) is 0 Å². The van der Waals surface area contributed by atoms with E-state index < -0.39 is 52.1 Å². The van der Waals surface area contributed by atoms with Crippen LogP contribution in [-0.4, -0.2) is 91.4 Å². The minimum absolute atomic E-state index is 0.0285. The maximum Gasteiger partial charge on any atom is 0.347 e. The van der Waals surface area contributed by atoms with Gasteiger partial charge in [0, 0.05) is 12.3 Å². The number of nitrogens with two attached hydrogens (primary N) is 1. The second-order valence-electron chi connectivity index (χ2n) is 8.60. The molecule has 1 aromatic heterocycles. The third-order valence-electron chi connectivity index (χ3n) is 4.92. The predicted octanol–water partition coefficient (Wildman–Crippen LogP) is 1.03. The fraction of sp³-hybridized carbons (Fsp3) is 0.579. The topological polar surface area (TPSA) is 174 Å². The minimum atomic E-state index is -1.11. The van der Waals surface area contributed by atoms with Crippen LogP contribution in [0.25, 0.3) is 0 Å².